The summed E-state index contributed by atoms with van der Waals surface area (Å²) in [4.78, 5) is 2.65. The normalized spacial score (nSPS) is 32.7. The van der Waals surface area contributed by atoms with Crippen LogP contribution in [0, 0.1) is 5.92 Å². The topological polar surface area (TPSA) is 35.5 Å². The number of rotatable bonds is 7. The van der Waals surface area contributed by atoms with Gasteiger partial charge in [-0.25, -0.2) is 0 Å². The van der Waals surface area contributed by atoms with Gasteiger partial charge in [-0.05, 0) is 51.5 Å². The largest absolute Gasteiger partial charge is 0.394 e. The Morgan fingerprint density at radius 1 is 1.22 bits per heavy atom. The van der Waals surface area contributed by atoms with E-state index in [1.165, 1.54) is 32.1 Å². The number of likely N-dealkylation sites (N-methyl/N-ethyl adjacent to an activating group) is 1. The molecule has 0 aromatic carbocycles. The van der Waals surface area contributed by atoms with Crippen LogP contribution >= 0.6 is 0 Å². The van der Waals surface area contributed by atoms with Gasteiger partial charge < -0.3 is 10.4 Å². The fraction of sp³-hybridized carbons (Fsp3) is 1.00. The van der Waals surface area contributed by atoms with E-state index in [4.69, 9.17) is 0 Å². The Hall–Kier alpha value is -0.120. The molecule has 1 aliphatic carbocycles. The molecule has 3 nitrogen and oxygen atoms in total. The van der Waals surface area contributed by atoms with E-state index in [9.17, 15) is 5.11 Å². The van der Waals surface area contributed by atoms with Crippen LogP contribution in [0.1, 0.15) is 52.9 Å². The van der Waals surface area contributed by atoms with Crippen molar-refractivity contribution in [3.8, 4) is 0 Å². The molecule has 3 heteroatoms. The predicted molar refractivity (Wildman–Crippen MR) is 75.7 cm³/mol. The molecule has 1 heterocycles. The zero-order chi connectivity index (χ0) is 13.2. The average Bonchev–Trinajstić information content (AvgIpc) is 3.16. The number of nitrogens with one attached hydrogen (secondary N) is 1. The van der Waals surface area contributed by atoms with Crippen molar-refractivity contribution in [2.75, 3.05) is 19.7 Å². The second-order valence-electron chi connectivity index (χ2n) is 6.28. The van der Waals surface area contributed by atoms with E-state index in [1.807, 2.05) is 0 Å². The lowest BCUT2D eigenvalue weighted by Crippen LogP contribution is -2.59. The lowest BCUT2D eigenvalue weighted by atomic mass is 9.92. The van der Waals surface area contributed by atoms with Crippen LogP contribution in [0.15, 0.2) is 0 Å². The van der Waals surface area contributed by atoms with Gasteiger partial charge in [-0.2, -0.15) is 0 Å². The standard InChI is InChI=1S/C15H30N2O/c1-4-14-9-6-12(3)17(14)10-15(11-18,16-5-2)13-7-8-13/h12-14,16,18H,4-11H2,1-3H3. The molecule has 1 saturated heterocycles. The summed E-state index contributed by atoms with van der Waals surface area (Å²) < 4.78 is 0. The van der Waals surface area contributed by atoms with Crippen molar-refractivity contribution in [1.82, 2.24) is 10.2 Å². The highest BCUT2D eigenvalue weighted by Crippen LogP contribution is 2.41. The van der Waals surface area contributed by atoms with E-state index in [-0.39, 0.29) is 12.1 Å². The number of aliphatic hydroxyl groups excluding tert-OH is 1. The Bertz CT molecular complexity index is 267. The summed E-state index contributed by atoms with van der Waals surface area (Å²) in [5, 5.41) is 13.5. The quantitative estimate of drug-likeness (QED) is 0.729. The molecular weight excluding hydrogens is 224 g/mol. The fourth-order valence-electron chi connectivity index (χ4n) is 3.73. The van der Waals surface area contributed by atoms with E-state index in [2.05, 4.69) is 31.0 Å². The molecule has 106 valence electrons. The second kappa shape index (κ2) is 5.89. The van der Waals surface area contributed by atoms with Gasteiger partial charge in [0.15, 0.2) is 0 Å². The minimum Gasteiger partial charge on any atom is -0.394 e. The van der Waals surface area contributed by atoms with Gasteiger partial charge in [0.25, 0.3) is 0 Å². The highest BCUT2D eigenvalue weighted by atomic mass is 16.3. The molecule has 2 rings (SSSR count). The molecule has 0 aromatic heterocycles. The van der Waals surface area contributed by atoms with Gasteiger partial charge in [-0.1, -0.05) is 13.8 Å². The molecule has 1 aliphatic heterocycles. The summed E-state index contributed by atoms with van der Waals surface area (Å²) in [6, 6.07) is 1.40. The van der Waals surface area contributed by atoms with Crippen LogP contribution in [-0.2, 0) is 0 Å². The van der Waals surface area contributed by atoms with Gasteiger partial charge in [-0.3, -0.25) is 4.90 Å². The van der Waals surface area contributed by atoms with Gasteiger partial charge in [0.1, 0.15) is 0 Å². The summed E-state index contributed by atoms with van der Waals surface area (Å²) in [6.07, 6.45) is 6.45. The van der Waals surface area contributed by atoms with E-state index < -0.39 is 0 Å². The number of likely N-dealkylation sites (tertiary alicyclic amines) is 1. The molecule has 3 atom stereocenters. The third-order valence-corrected chi connectivity index (χ3v) is 5.06. The smallest absolute Gasteiger partial charge is 0.0628 e. The summed E-state index contributed by atoms with van der Waals surface area (Å²) in [7, 11) is 0. The molecule has 1 saturated carbocycles. The van der Waals surface area contributed by atoms with Crippen LogP contribution in [0.3, 0.4) is 0 Å². The number of hydrogen-bond donors (Lipinski definition) is 2. The van der Waals surface area contributed by atoms with Crippen LogP contribution in [0.25, 0.3) is 0 Å². The molecule has 2 fully saturated rings. The Balaban J connectivity index is 2.07. The lowest BCUT2D eigenvalue weighted by molar-refractivity contribution is 0.0701. The monoisotopic (exact) mass is 254 g/mol. The minimum atomic E-state index is -0.0409. The number of nitrogens with zero attached hydrogens (tertiary/aromatic N) is 1. The van der Waals surface area contributed by atoms with Crippen molar-refractivity contribution in [2.45, 2.75) is 70.5 Å². The SMILES string of the molecule is CCNC(CO)(CN1C(C)CCC1CC)C1CC1. The first kappa shape index (κ1) is 14.3. The van der Waals surface area contributed by atoms with Crippen molar-refractivity contribution in [3.05, 3.63) is 0 Å². The fourth-order valence-corrected chi connectivity index (χ4v) is 3.73. The highest BCUT2D eigenvalue weighted by Gasteiger charge is 2.47. The third kappa shape index (κ3) is 2.73. The van der Waals surface area contributed by atoms with E-state index in [1.54, 1.807) is 0 Å². The number of hydrogen-bond acceptors (Lipinski definition) is 3. The summed E-state index contributed by atoms with van der Waals surface area (Å²) >= 11 is 0. The summed E-state index contributed by atoms with van der Waals surface area (Å²) in [5.74, 6) is 0.688. The maximum Gasteiger partial charge on any atom is 0.0628 e. The van der Waals surface area contributed by atoms with Gasteiger partial charge >= 0.3 is 0 Å². The van der Waals surface area contributed by atoms with Gasteiger partial charge in [0.2, 0.25) is 0 Å². The zero-order valence-electron chi connectivity index (χ0n) is 12.3. The van der Waals surface area contributed by atoms with Crippen molar-refractivity contribution < 1.29 is 5.11 Å². The Kier molecular flexibility index (Phi) is 4.68. The van der Waals surface area contributed by atoms with Crippen LogP contribution in [0.4, 0.5) is 0 Å². The van der Waals surface area contributed by atoms with Crippen molar-refractivity contribution in [3.63, 3.8) is 0 Å². The summed E-state index contributed by atoms with van der Waals surface area (Å²) in [6.45, 7) is 9.05. The highest BCUT2D eigenvalue weighted by molar-refractivity contribution is 5.04. The van der Waals surface area contributed by atoms with Crippen molar-refractivity contribution in [2.24, 2.45) is 5.92 Å². The zero-order valence-corrected chi connectivity index (χ0v) is 12.3. The molecule has 0 amide bonds. The molecule has 0 spiro atoms. The predicted octanol–water partition coefficient (Wildman–Crippen LogP) is 2.00. The van der Waals surface area contributed by atoms with Crippen molar-refractivity contribution in [1.29, 1.82) is 0 Å². The second-order valence-corrected chi connectivity index (χ2v) is 6.28. The molecule has 3 unspecified atom stereocenters. The van der Waals surface area contributed by atoms with Crippen molar-refractivity contribution >= 4 is 0 Å². The van der Waals surface area contributed by atoms with Crippen LogP contribution in [0.2, 0.25) is 0 Å². The molecule has 18 heavy (non-hydrogen) atoms. The molecular formula is C15H30N2O. The first-order valence-electron chi connectivity index (χ1n) is 7.78. The molecule has 2 N–H and O–H groups in total. The molecule has 2 aliphatic rings. The van der Waals surface area contributed by atoms with Crippen LogP contribution < -0.4 is 5.32 Å². The lowest BCUT2D eigenvalue weighted by Gasteiger charge is -2.40. The van der Waals surface area contributed by atoms with Crippen LogP contribution in [0.5, 0.6) is 0 Å². The Morgan fingerprint density at radius 3 is 2.44 bits per heavy atom. The minimum absolute atomic E-state index is 0.0409. The first-order valence-corrected chi connectivity index (χ1v) is 7.78. The van der Waals surface area contributed by atoms with Gasteiger partial charge in [0.05, 0.1) is 12.1 Å². The van der Waals surface area contributed by atoms with Gasteiger partial charge in [-0.15, -0.1) is 0 Å². The number of aliphatic hydroxyl groups is 1. The Labute approximate surface area is 112 Å². The van der Waals surface area contributed by atoms with Crippen LogP contribution in [-0.4, -0.2) is 47.3 Å². The van der Waals surface area contributed by atoms with E-state index in [0.717, 1.165) is 19.1 Å². The Morgan fingerprint density at radius 2 is 1.94 bits per heavy atom. The van der Waals surface area contributed by atoms with E-state index >= 15 is 0 Å². The van der Waals surface area contributed by atoms with Gasteiger partial charge in [0, 0.05) is 18.6 Å². The molecule has 0 aromatic rings. The third-order valence-electron chi connectivity index (χ3n) is 5.06. The molecule has 0 radical (unpaired) electrons. The average molecular weight is 254 g/mol. The summed E-state index contributed by atoms with van der Waals surface area (Å²) in [5.41, 5.74) is -0.0409. The molecule has 0 bridgehead atoms. The first-order chi connectivity index (χ1) is 8.66. The van der Waals surface area contributed by atoms with E-state index in [0.29, 0.717) is 12.0 Å². The maximum absolute atomic E-state index is 9.93. The maximum atomic E-state index is 9.93.